The molecule has 2 unspecified atom stereocenters. The van der Waals surface area contributed by atoms with Gasteiger partial charge in [0.05, 0.1) is 13.2 Å². The molecule has 1 spiro atoms. The molecule has 5 nitrogen and oxygen atoms in total. The molecule has 2 fully saturated rings. The Morgan fingerprint density at radius 1 is 1.11 bits per heavy atom. The maximum atomic E-state index is 12.7. The fraction of sp³-hybridized carbons (Fsp3) is 0.929. The summed E-state index contributed by atoms with van der Waals surface area (Å²) in [5, 5.41) is 0. The molecule has 2 heterocycles. The van der Waals surface area contributed by atoms with Crippen LogP contribution < -0.4 is 0 Å². The summed E-state index contributed by atoms with van der Waals surface area (Å²) >= 11 is 0. The van der Waals surface area contributed by atoms with Crippen molar-refractivity contribution in [3.63, 3.8) is 0 Å². The first-order valence-electron chi connectivity index (χ1n) is 6.86. The predicted molar refractivity (Wildman–Crippen MR) is 68.7 cm³/mol. The monoisotopic (exact) mass is 272 g/mol. The minimum Gasteiger partial charge on any atom is -0.350 e. The second-order valence-electron chi connectivity index (χ2n) is 6.26. The lowest BCUT2D eigenvalue weighted by Gasteiger charge is -2.31. The van der Waals surface area contributed by atoms with Crippen molar-refractivity contribution in [3.8, 4) is 0 Å². The number of ketones is 1. The highest BCUT2D eigenvalue weighted by atomic mass is 16.8. The van der Waals surface area contributed by atoms with E-state index in [2.05, 4.69) is 0 Å². The van der Waals surface area contributed by atoms with Crippen LogP contribution in [-0.4, -0.2) is 42.3 Å². The van der Waals surface area contributed by atoms with Gasteiger partial charge in [-0.15, -0.1) is 0 Å². The van der Waals surface area contributed by atoms with Crippen LogP contribution in [0.15, 0.2) is 0 Å². The maximum Gasteiger partial charge on any atom is 0.195 e. The van der Waals surface area contributed by atoms with Crippen LogP contribution in [-0.2, 0) is 23.7 Å². The van der Waals surface area contributed by atoms with Crippen LogP contribution in [0.5, 0.6) is 0 Å². The molecule has 2 aliphatic heterocycles. The van der Waals surface area contributed by atoms with Crippen LogP contribution >= 0.6 is 0 Å². The van der Waals surface area contributed by atoms with E-state index < -0.39 is 23.3 Å². The summed E-state index contributed by atoms with van der Waals surface area (Å²) < 4.78 is 22.9. The maximum absolute atomic E-state index is 12.7. The molecule has 0 saturated carbocycles. The Hall–Kier alpha value is -0.490. The Morgan fingerprint density at radius 2 is 1.79 bits per heavy atom. The molecular formula is C14H24O5. The molecule has 110 valence electrons. The summed E-state index contributed by atoms with van der Waals surface area (Å²) in [6.07, 6.45) is 0.759. The number of carbonyl (C=O) groups excluding carboxylic acids is 1. The molecule has 19 heavy (non-hydrogen) atoms. The summed E-state index contributed by atoms with van der Waals surface area (Å²) in [4.78, 5) is 12.7. The number of hydrogen-bond acceptors (Lipinski definition) is 5. The van der Waals surface area contributed by atoms with Gasteiger partial charge in [-0.25, -0.2) is 0 Å². The number of hydrogen-bond donors (Lipinski definition) is 0. The highest BCUT2D eigenvalue weighted by Gasteiger charge is 2.52. The van der Waals surface area contributed by atoms with Crippen LogP contribution in [0, 0.1) is 0 Å². The molecule has 0 aromatic carbocycles. The Bertz CT molecular complexity index is 363. The summed E-state index contributed by atoms with van der Waals surface area (Å²) in [5.41, 5.74) is -0.896. The normalized spacial score (nSPS) is 38.8. The Balaban J connectivity index is 2.23. The van der Waals surface area contributed by atoms with Crippen LogP contribution in [0.2, 0.25) is 0 Å². The van der Waals surface area contributed by atoms with Gasteiger partial charge >= 0.3 is 0 Å². The van der Waals surface area contributed by atoms with Gasteiger partial charge in [0.25, 0.3) is 0 Å². The van der Waals surface area contributed by atoms with E-state index in [9.17, 15) is 4.79 Å². The van der Waals surface area contributed by atoms with Crippen molar-refractivity contribution in [1.82, 2.24) is 0 Å². The molecule has 2 atom stereocenters. The van der Waals surface area contributed by atoms with Crippen LogP contribution in [0.4, 0.5) is 0 Å². The van der Waals surface area contributed by atoms with Gasteiger partial charge in [-0.3, -0.25) is 4.79 Å². The van der Waals surface area contributed by atoms with Crippen molar-refractivity contribution < 1.29 is 23.7 Å². The van der Waals surface area contributed by atoms with E-state index in [4.69, 9.17) is 18.9 Å². The molecule has 0 aromatic rings. The largest absolute Gasteiger partial charge is 0.350 e. The first-order chi connectivity index (χ1) is 8.66. The smallest absolute Gasteiger partial charge is 0.195 e. The van der Waals surface area contributed by atoms with Gasteiger partial charge in [0.15, 0.2) is 23.0 Å². The molecule has 0 bridgehead atoms. The second-order valence-corrected chi connectivity index (χ2v) is 6.26. The molecular weight excluding hydrogens is 248 g/mol. The number of rotatable bonds is 0. The zero-order valence-corrected chi connectivity index (χ0v) is 12.4. The third kappa shape index (κ3) is 3.16. The highest BCUT2D eigenvalue weighted by molar-refractivity contribution is 5.91. The van der Waals surface area contributed by atoms with Crippen molar-refractivity contribution in [2.24, 2.45) is 0 Å². The van der Waals surface area contributed by atoms with Crippen LogP contribution in [0.1, 0.15) is 47.5 Å². The van der Waals surface area contributed by atoms with E-state index in [1.807, 2.05) is 27.7 Å². The molecule has 0 radical (unpaired) electrons. The first-order valence-corrected chi connectivity index (χ1v) is 6.86. The van der Waals surface area contributed by atoms with Gasteiger partial charge in [-0.2, -0.15) is 0 Å². The summed E-state index contributed by atoms with van der Waals surface area (Å²) in [6.45, 7) is 9.87. The van der Waals surface area contributed by atoms with E-state index in [0.29, 0.717) is 13.0 Å². The highest BCUT2D eigenvalue weighted by Crippen LogP contribution is 2.37. The molecule has 2 rings (SSSR count). The lowest BCUT2D eigenvalue weighted by molar-refractivity contribution is -0.232. The molecule has 0 amide bonds. The molecule has 0 aromatic heterocycles. The third-order valence-electron chi connectivity index (χ3n) is 3.55. The SMILES string of the molecule is CC1OC(C)(C)OCCCC2(COC(C)(C)O2)C1=O. The fourth-order valence-corrected chi connectivity index (χ4v) is 2.75. The van der Waals surface area contributed by atoms with Gasteiger partial charge in [-0.1, -0.05) is 0 Å². The van der Waals surface area contributed by atoms with Crippen LogP contribution in [0.3, 0.4) is 0 Å². The minimum atomic E-state index is -0.896. The second kappa shape index (κ2) is 4.81. The quantitative estimate of drug-likeness (QED) is 0.675. The van der Waals surface area contributed by atoms with Gasteiger partial charge in [0.1, 0.15) is 6.10 Å². The molecule has 0 N–H and O–H groups in total. The molecule has 2 saturated heterocycles. The number of Topliss-reactive ketones (excluding diaryl/α,β-unsaturated/α-hetero) is 1. The van der Waals surface area contributed by atoms with Crippen molar-refractivity contribution in [1.29, 1.82) is 0 Å². The lowest BCUT2D eigenvalue weighted by atomic mass is 9.90. The van der Waals surface area contributed by atoms with Crippen molar-refractivity contribution in [2.45, 2.75) is 70.7 Å². The summed E-state index contributed by atoms with van der Waals surface area (Å²) in [6, 6.07) is 0. The predicted octanol–water partition coefficient (Wildman–Crippen LogP) is 2.03. The average molecular weight is 272 g/mol. The molecule has 5 heteroatoms. The summed E-state index contributed by atoms with van der Waals surface area (Å²) in [7, 11) is 0. The average Bonchev–Trinajstić information content (AvgIpc) is 2.60. The number of ether oxygens (including phenoxy) is 4. The fourth-order valence-electron chi connectivity index (χ4n) is 2.75. The Morgan fingerprint density at radius 3 is 2.37 bits per heavy atom. The van der Waals surface area contributed by atoms with E-state index in [1.54, 1.807) is 6.92 Å². The first kappa shape index (κ1) is 14.9. The van der Waals surface area contributed by atoms with E-state index in [0.717, 1.165) is 6.42 Å². The van der Waals surface area contributed by atoms with Crippen molar-refractivity contribution in [2.75, 3.05) is 13.2 Å². The van der Waals surface area contributed by atoms with E-state index >= 15 is 0 Å². The Labute approximate surface area is 114 Å². The Kier molecular flexibility index (Phi) is 3.77. The third-order valence-corrected chi connectivity index (χ3v) is 3.55. The summed E-state index contributed by atoms with van der Waals surface area (Å²) in [5.74, 6) is -1.54. The minimum absolute atomic E-state index is 0.0587. The van der Waals surface area contributed by atoms with Gasteiger partial charge in [-0.05, 0) is 47.5 Å². The van der Waals surface area contributed by atoms with Gasteiger partial charge < -0.3 is 18.9 Å². The van der Waals surface area contributed by atoms with Gasteiger partial charge in [0.2, 0.25) is 0 Å². The molecule has 0 aliphatic carbocycles. The van der Waals surface area contributed by atoms with E-state index in [1.165, 1.54) is 0 Å². The number of carbonyl (C=O) groups is 1. The standard InChI is InChI=1S/C14H24O5/c1-10-11(15)14(9-17-13(4,5)19-14)7-6-8-16-12(2,3)18-10/h10H,6-9H2,1-5H3. The zero-order chi connectivity index (χ0) is 14.3. The topological polar surface area (TPSA) is 54.0 Å². The van der Waals surface area contributed by atoms with Crippen molar-refractivity contribution in [3.05, 3.63) is 0 Å². The van der Waals surface area contributed by atoms with E-state index in [-0.39, 0.29) is 12.4 Å². The van der Waals surface area contributed by atoms with Crippen LogP contribution in [0.25, 0.3) is 0 Å². The van der Waals surface area contributed by atoms with Crippen molar-refractivity contribution >= 4 is 5.78 Å². The lowest BCUT2D eigenvalue weighted by Crippen LogP contribution is -2.49. The van der Waals surface area contributed by atoms with Gasteiger partial charge in [0, 0.05) is 0 Å². The molecule has 2 aliphatic rings. The zero-order valence-electron chi connectivity index (χ0n) is 12.4.